The number of alkyl halides is 2. The highest BCUT2D eigenvalue weighted by Crippen LogP contribution is 2.38. The van der Waals surface area contributed by atoms with E-state index in [-0.39, 0.29) is 35.4 Å². The molecule has 0 saturated heterocycles. The van der Waals surface area contributed by atoms with E-state index in [0.717, 1.165) is 32.1 Å². The van der Waals surface area contributed by atoms with Crippen molar-refractivity contribution < 1.29 is 23.1 Å². The first-order valence-corrected chi connectivity index (χ1v) is 13.2. The van der Waals surface area contributed by atoms with Gasteiger partial charge in [0.15, 0.2) is 0 Å². The van der Waals surface area contributed by atoms with Gasteiger partial charge in [0.1, 0.15) is 23.3 Å². The van der Waals surface area contributed by atoms with Gasteiger partial charge in [-0.05, 0) is 69.1 Å². The lowest BCUT2D eigenvalue weighted by atomic mass is 9.82. The van der Waals surface area contributed by atoms with Gasteiger partial charge in [-0.15, -0.1) is 0 Å². The van der Waals surface area contributed by atoms with Crippen molar-refractivity contribution in [1.82, 2.24) is 25.6 Å². The Morgan fingerprint density at radius 1 is 1.16 bits per heavy atom. The summed E-state index contributed by atoms with van der Waals surface area (Å²) in [5.41, 5.74) is 2.68. The Morgan fingerprint density at radius 2 is 1.95 bits per heavy atom. The maximum atomic E-state index is 13.6. The third-order valence-electron chi connectivity index (χ3n) is 7.57. The highest BCUT2D eigenvalue weighted by Gasteiger charge is 2.31. The molecule has 8 nitrogen and oxygen atoms in total. The second-order valence-electron chi connectivity index (χ2n) is 10.6. The van der Waals surface area contributed by atoms with Crippen LogP contribution in [-0.2, 0) is 4.79 Å². The van der Waals surface area contributed by atoms with Crippen molar-refractivity contribution in [2.75, 3.05) is 6.61 Å². The number of nitrogens with one attached hydrogen (secondary N) is 3. The van der Waals surface area contributed by atoms with Crippen LogP contribution >= 0.6 is 0 Å². The van der Waals surface area contributed by atoms with Crippen molar-refractivity contribution >= 4 is 22.8 Å². The molecule has 3 aromatic rings. The predicted octanol–water partition coefficient (Wildman–Crippen LogP) is 5.08. The number of H-pyrrole nitrogens is 1. The zero-order valence-corrected chi connectivity index (χ0v) is 21.8. The Labute approximate surface area is 220 Å². The first-order chi connectivity index (χ1) is 18.2. The lowest BCUT2D eigenvalue weighted by Gasteiger charge is -2.34. The summed E-state index contributed by atoms with van der Waals surface area (Å²) in [5, 5.41) is 6.13. The maximum absolute atomic E-state index is 13.6. The fraction of sp³-hybridized carbons (Fsp3) is 0.500. The molecule has 2 aliphatic carbocycles. The smallest absolute Gasteiger partial charge is 0.263 e. The van der Waals surface area contributed by atoms with Crippen LogP contribution in [0, 0.1) is 18.8 Å². The Hall–Kier alpha value is -3.56. The number of amides is 2. The molecule has 1 aromatic carbocycles. The van der Waals surface area contributed by atoms with Crippen LogP contribution in [0.5, 0.6) is 5.75 Å². The molecule has 2 saturated carbocycles. The van der Waals surface area contributed by atoms with E-state index in [0.29, 0.717) is 51.8 Å². The fourth-order valence-corrected chi connectivity index (χ4v) is 5.35. The highest BCUT2D eigenvalue weighted by molar-refractivity contribution is 6.09. The average molecular weight is 526 g/mol. The number of hydrogen-bond donors (Lipinski definition) is 3. The van der Waals surface area contributed by atoms with Crippen molar-refractivity contribution in [2.45, 2.75) is 71.4 Å². The summed E-state index contributed by atoms with van der Waals surface area (Å²) in [6, 6.07) is 4.41. The van der Waals surface area contributed by atoms with E-state index < -0.39 is 6.43 Å². The van der Waals surface area contributed by atoms with Gasteiger partial charge >= 0.3 is 0 Å². The lowest BCUT2D eigenvalue weighted by molar-refractivity contribution is -0.120. The van der Waals surface area contributed by atoms with Gasteiger partial charge in [0.2, 0.25) is 5.91 Å². The quantitative estimate of drug-likeness (QED) is 0.380. The van der Waals surface area contributed by atoms with Gasteiger partial charge in [-0.2, -0.15) is 0 Å². The lowest BCUT2D eigenvalue weighted by Crippen LogP contribution is -2.47. The molecule has 2 aromatic heterocycles. The molecule has 202 valence electrons. The van der Waals surface area contributed by atoms with Gasteiger partial charge in [-0.3, -0.25) is 9.59 Å². The number of hydrogen-bond acceptors (Lipinski definition) is 5. The molecule has 0 bridgehead atoms. The molecule has 38 heavy (non-hydrogen) atoms. The van der Waals surface area contributed by atoms with Crippen molar-refractivity contribution in [1.29, 1.82) is 0 Å². The third-order valence-corrected chi connectivity index (χ3v) is 7.57. The second kappa shape index (κ2) is 10.7. The van der Waals surface area contributed by atoms with Crippen LogP contribution in [0.2, 0.25) is 0 Å². The van der Waals surface area contributed by atoms with Gasteiger partial charge in [0.05, 0.1) is 17.7 Å². The van der Waals surface area contributed by atoms with Gasteiger partial charge in [0.25, 0.3) is 12.3 Å². The normalized spacial score (nSPS) is 21.5. The largest absolute Gasteiger partial charge is 0.493 e. The molecule has 2 amide bonds. The van der Waals surface area contributed by atoms with Gasteiger partial charge in [-0.1, -0.05) is 6.92 Å². The molecule has 2 heterocycles. The number of fused-ring (bicyclic) bond motifs is 1. The monoisotopic (exact) mass is 525 g/mol. The number of carbonyl (C=O) groups excluding carboxylic acids is 2. The van der Waals surface area contributed by atoms with Crippen LogP contribution in [-0.4, -0.2) is 45.5 Å². The van der Waals surface area contributed by atoms with Crippen LogP contribution in [0.1, 0.15) is 74.0 Å². The first-order valence-electron chi connectivity index (χ1n) is 13.2. The predicted molar refractivity (Wildman–Crippen MR) is 139 cm³/mol. The van der Waals surface area contributed by atoms with Crippen LogP contribution < -0.4 is 15.4 Å². The highest BCUT2D eigenvalue weighted by atomic mass is 19.3. The van der Waals surface area contributed by atoms with E-state index >= 15 is 0 Å². The number of halogens is 2. The van der Waals surface area contributed by atoms with Crippen molar-refractivity contribution in [3.8, 4) is 17.0 Å². The fourth-order valence-electron chi connectivity index (χ4n) is 5.35. The van der Waals surface area contributed by atoms with E-state index in [9.17, 15) is 18.4 Å². The molecule has 0 spiro atoms. The number of ether oxygens (including phenoxy) is 1. The molecular formula is C28H33F2N5O3. The Morgan fingerprint density at radius 3 is 2.63 bits per heavy atom. The number of aryl methyl sites for hydroxylation is 1. The molecular weight excluding hydrogens is 492 g/mol. The molecule has 2 aliphatic rings. The van der Waals surface area contributed by atoms with Crippen molar-refractivity contribution in [3.05, 3.63) is 41.3 Å². The minimum Gasteiger partial charge on any atom is -0.493 e. The summed E-state index contributed by atoms with van der Waals surface area (Å²) in [6.45, 7) is 5.90. The standard InChI is InChI=1S/C28H33F2N5O3/c1-14-10-19(7-8-21(14)34-16(3)36)35-28(37)23-15(2)33-26-24(31-13-32-25(23)26)20-11-18(27(29)30)6-9-22(20)38-12-17-4-5-17/h6,9,11,13-14,17,19,21,27,33H,4-5,7-8,10,12H2,1-3H3,(H,34,36)(H,35,37). The molecule has 10 heteroatoms. The SMILES string of the molecule is CC(=O)NC1CCC(NC(=O)c2c(C)[nH]c3c(-c4cc(C(F)F)ccc4OCC4CC4)ncnc23)CC1C. The van der Waals surface area contributed by atoms with Crippen molar-refractivity contribution in [3.63, 3.8) is 0 Å². The first kappa shape index (κ1) is 26.1. The zero-order valence-electron chi connectivity index (χ0n) is 21.8. The summed E-state index contributed by atoms with van der Waals surface area (Å²) < 4.78 is 33.2. The minimum absolute atomic E-state index is 0.0293. The van der Waals surface area contributed by atoms with E-state index in [2.05, 4.69) is 32.5 Å². The van der Waals surface area contributed by atoms with Crippen molar-refractivity contribution in [2.24, 2.45) is 11.8 Å². The Kier molecular flexibility index (Phi) is 7.32. The average Bonchev–Trinajstić information content (AvgIpc) is 3.63. The number of benzene rings is 1. The van der Waals surface area contributed by atoms with Gasteiger partial charge < -0.3 is 20.4 Å². The third kappa shape index (κ3) is 5.49. The minimum atomic E-state index is -2.64. The van der Waals surface area contributed by atoms with E-state index in [1.807, 2.05) is 0 Å². The number of aromatic amines is 1. The van der Waals surface area contributed by atoms with E-state index in [1.54, 1.807) is 13.0 Å². The zero-order chi connectivity index (χ0) is 27.0. The van der Waals surface area contributed by atoms with Gasteiger partial charge in [-0.25, -0.2) is 18.7 Å². The molecule has 5 rings (SSSR count). The topological polar surface area (TPSA) is 109 Å². The number of rotatable bonds is 8. The van der Waals surface area contributed by atoms with E-state index in [1.165, 1.54) is 25.4 Å². The molecule has 3 atom stereocenters. The second-order valence-corrected chi connectivity index (χ2v) is 10.6. The van der Waals surface area contributed by atoms with Crippen LogP contribution in [0.15, 0.2) is 24.5 Å². The molecule has 2 fully saturated rings. The Balaban J connectivity index is 1.43. The maximum Gasteiger partial charge on any atom is 0.263 e. The van der Waals surface area contributed by atoms with Crippen LogP contribution in [0.4, 0.5) is 8.78 Å². The molecule has 0 radical (unpaired) electrons. The summed E-state index contributed by atoms with van der Waals surface area (Å²) in [5.74, 6) is 0.897. The van der Waals surface area contributed by atoms with Crippen LogP contribution in [0.3, 0.4) is 0 Å². The van der Waals surface area contributed by atoms with Gasteiger partial charge in [0, 0.05) is 35.8 Å². The van der Waals surface area contributed by atoms with E-state index in [4.69, 9.17) is 4.74 Å². The number of carbonyl (C=O) groups is 2. The Bertz CT molecular complexity index is 1350. The molecule has 0 aliphatic heterocycles. The summed E-state index contributed by atoms with van der Waals surface area (Å²) in [4.78, 5) is 36.9. The number of aromatic nitrogens is 3. The molecule has 3 N–H and O–H groups in total. The number of nitrogens with zero attached hydrogens (tertiary/aromatic N) is 2. The van der Waals surface area contributed by atoms with Crippen LogP contribution in [0.25, 0.3) is 22.3 Å². The summed E-state index contributed by atoms with van der Waals surface area (Å²) in [7, 11) is 0. The molecule has 3 unspecified atom stereocenters. The summed E-state index contributed by atoms with van der Waals surface area (Å²) in [6.07, 6.45) is 3.20. The summed E-state index contributed by atoms with van der Waals surface area (Å²) >= 11 is 0.